The molecule has 0 aliphatic rings. The molecule has 116 valence electrons. The van der Waals surface area contributed by atoms with Gasteiger partial charge in [0.1, 0.15) is 10.9 Å². The molecule has 22 heavy (non-hydrogen) atoms. The van der Waals surface area contributed by atoms with Crippen molar-refractivity contribution < 1.29 is 14.3 Å². The highest BCUT2D eigenvalue weighted by molar-refractivity contribution is 7.13. The predicted molar refractivity (Wildman–Crippen MR) is 84.6 cm³/mol. The molecule has 0 radical (unpaired) electrons. The Bertz CT molecular complexity index is 654. The van der Waals surface area contributed by atoms with Crippen LogP contribution in [0.15, 0.2) is 36.5 Å². The minimum atomic E-state index is -0.667. The van der Waals surface area contributed by atoms with Gasteiger partial charge in [0, 0.05) is 6.54 Å². The molecular formula is C16H18N2O3S. The van der Waals surface area contributed by atoms with Crippen LogP contribution >= 0.6 is 11.3 Å². The molecule has 5 nitrogen and oxygen atoms in total. The number of nitrogens with zero attached hydrogens (tertiary/aromatic N) is 2. The summed E-state index contributed by atoms with van der Waals surface area (Å²) in [5, 5.41) is 0.814. The largest absolute Gasteiger partial charge is 0.467 e. The number of methoxy groups -OCH3 is 1. The second kappa shape index (κ2) is 7.17. The zero-order valence-electron chi connectivity index (χ0n) is 12.8. The quantitative estimate of drug-likeness (QED) is 0.795. The first-order chi connectivity index (χ1) is 10.5. The highest BCUT2D eigenvalue weighted by Crippen LogP contribution is 2.18. The molecule has 2 rings (SSSR count). The molecule has 1 amide bonds. The first-order valence-corrected chi connectivity index (χ1v) is 7.69. The average Bonchev–Trinajstić information content (AvgIpc) is 2.98. The van der Waals surface area contributed by atoms with Gasteiger partial charge >= 0.3 is 5.97 Å². The van der Waals surface area contributed by atoms with Crippen molar-refractivity contribution in [1.82, 2.24) is 9.88 Å². The minimum Gasteiger partial charge on any atom is -0.467 e. The van der Waals surface area contributed by atoms with Crippen molar-refractivity contribution in [1.29, 1.82) is 0 Å². The Hall–Kier alpha value is -2.21. The van der Waals surface area contributed by atoms with Gasteiger partial charge in [0.2, 0.25) is 0 Å². The maximum atomic E-state index is 12.7. The van der Waals surface area contributed by atoms with E-state index in [0.29, 0.717) is 11.4 Å². The Morgan fingerprint density at radius 2 is 2.00 bits per heavy atom. The highest BCUT2D eigenvalue weighted by Gasteiger charge is 2.28. The topological polar surface area (TPSA) is 59.5 Å². The molecule has 0 aliphatic heterocycles. The van der Waals surface area contributed by atoms with E-state index in [1.165, 1.54) is 23.3 Å². The third-order valence-electron chi connectivity index (χ3n) is 3.30. The van der Waals surface area contributed by atoms with E-state index in [2.05, 4.69) is 4.98 Å². The van der Waals surface area contributed by atoms with E-state index in [4.69, 9.17) is 4.74 Å². The lowest BCUT2D eigenvalue weighted by atomic mass is 10.1. The first-order valence-electron chi connectivity index (χ1n) is 6.88. The van der Waals surface area contributed by atoms with Gasteiger partial charge < -0.3 is 9.64 Å². The van der Waals surface area contributed by atoms with E-state index >= 15 is 0 Å². The van der Waals surface area contributed by atoms with Crippen LogP contribution in [-0.4, -0.2) is 34.9 Å². The summed E-state index contributed by atoms with van der Waals surface area (Å²) in [7, 11) is 1.32. The van der Waals surface area contributed by atoms with Gasteiger partial charge in [-0.15, -0.1) is 11.3 Å². The fourth-order valence-corrected chi connectivity index (χ4v) is 2.80. The third-order valence-corrected chi connectivity index (χ3v) is 4.20. The van der Waals surface area contributed by atoms with E-state index in [9.17, 15) is 9.59 Å². The van der Waals surface area contributed by atoms with Crippen molar-refractivity contribution in [2.45, 2.75) is 26.4 Å². The molecule has 1 aromatic carbocycles. The van der Waals surface area contributed by atoms with Crippen LogP contribution in [0.2, 0.25) is 0 Å². The lowest BCUT2D eigenvalue weighted by Gasteiger charge is -2.27. The molecule has 0 spiro atoms. The lowest BCUT2D eigenvalue weighted by Crippen LogP contribution is -2.43. The van der Waals surface area contributed by atoms with Crippen molar-refractivity contribution in [3.8, 4) is 0 Å². The van der Waals surface area contributed by atoms with Gasteiger partial charge in [-0.3, -0.25) is 4.79 Å². The number of ether oxygens (including phenoxy) is 1. The monoisotopic (exact) mass is 318 g/mol. The molecule has 0 N–H and O–H groups in total. The molecule has 0 saturated carbocycles. The number of carbonyl (C=O) groups excluding carboxylic acids is 2. The summed E-state index contributed by atoms with van der Waals surface area (Å²) < 4.78 is 4.78. The molecule has 1 unspecified atom stereocenters. The number of hydrogen-bond acceptors (Lipinski definition) is 5. The number of rotatable bonds is 5. The highest BCUT2D eigenvalue weighted by atomic mass is 32.1. The van der Waals surface area contributed by atoms with Crippen LogP contribution in [-0.2, 0) is 16.1 Å². The standard InChI is InChI=1S/C16H18N2O3S/c1-11(16(20)21-3)18(10-13-7-5-4-6-8-13)15(19)14-9-17-12(2)22-14/h4-9,11H,10H2,1-3H3. The smallest absolute Gasteiger partial charge is 0.328 e. The third kappa shape index (κ3) is 3.71. The summed E-state index contributed by atoms with van der Waals surface area (Å²) in [4.78, 5) is 30.7. The minimum absolute atomic E-state index is 0.215. The van der Waals surface area contributed by atoms with Gasteiger partial charge in [0.05, 0.1) is 18.3 Å². The van der Waals surface area contributed by atoms with Crippen LogP contribution in [0, 0.1) is 6.92 Å². The maximum absolute atomic E-state index is 12.7. The van der Waals surface area contributed by atoms with Crippen LogP contribution in [0.1, 0.15) is 27.2 Å². The van der Waals surface area contributed by atoms with Gasteiger partial charge in [0.25, 0.3) is 5.91 Å². The Kier molecular flexibility index (Phi) is 5.27. The summed E-state index contributed by atoms with van der Waals surface area (Å²) in [6, 6.07) is 8.88. The number of carbonyl (C=O) groups is 2. The first kappa shape index (κ1) is 16.2. The van der Waals surface area contributed by atoms with Crippen molar-refractivity contribution in [3.63, 3.8) is 0 Å². The summed E-state index contributed by atoms with van der Waals surface area (Å²) in [6.45, 7) is 3.85. The Labute approximate surface area is 133 Å². The summed E-state index contributed by atoms with van der Waals surface area (Å²) in [5.74, 6) is -0.655. The van der Waals surface area contributed by atoms with Crippen LogP contribution in [0.4, 0.5) is 0 Å². The zero-order chi connectivity index (χ0) is 16.1. The molecule has 0 aliphatic carbocycles. The number of benzene rings is 1. The number of aryl methyl sites for hydroxylation is 1. The van der Waals surface area contributed by atoms with Crippen molar-refractivity contribution in [2.75, 3.05) is 7.11 Å². The second-order valence-corrected chi connectivity index (χ2v) is 6.10. The van der Waals surface area contributed by atoms with Crippen molar-refractivity contribution >= 4 is 23.2 Å². The van der Waals surface area contributed by atoms with Gasteiger partial charge in [-0.2, -0.15) is 0 Å². The summed E-state index contributed by atoms with van der Waals surface area (Å²) >= 11 is 1.32. The van der Waals surface area contributed by atoms with E-state index < -0.39 is 12.0 Å². The number of amides is 1. The molecular weight excluding hydrogens is 300 g/mol. The second-order valence-electron chi connectivity index (χ2n) is 4.86. The molecule has 0 fully saturated rings. The van der Waals surface area contributed by atoms with Gasteiger partial charge in [-0.1, -0.05) is 30.3 Å². The fourth-order valence-electron chi connectivity index (χ4n) is 2.06. The van der Waals surface area contributed by atoms with Crippen LogP contribution in [0.25, 0.3) is 0 Å². The fraction of sp³-hybridized carbons (Fsp3) is 0.312. The molecule has 2 aromatic rings. The van der Waals surface area contributed by atoms with E-state index in [1.54, 1.807) is 13.1 Å². The van der Waals surface area contributed by atoms with Crippen molar-refractivity contribution in [3.05, 3.63) is 52.0 Å². The summed E-state index contributed by atoms with van der Waals surface area (Å²) in [6.07, 6.45) is 1.55. The van der Waals surface area contributed by atoms with Gasteiger partial charge in [0.15, 0.2) is 0 Å². The maximum Gasteiger partial charge on any atom is 0.328 e. The SMILES string of the molecule is COC(=O)C(C)N(Cc1ccccc1)C(=O)c1cnc(C)s1. The van der Waals surface area contributed by atoms with Crippen LogP contribution in [0.3, 0.4) is 0 Å². The number of esters is 1. The molecule has 0 bridgehead atoms. The van der Waals surface area contributed by atoms with E-state index in [1.807, 2.05) is 37.3 Å². The number of hydrogen-bond donors (Lipinski definition) is 0. The normalized spacial score (nSPS) is 11.8. The van der Waals surface area contributed by atoms with E-state index in [0.717, 1.165) is 10.6 Å². The average molecular weight is 318 g/mol. The van der Waals surface area contributed by atoms with Crippen LogP contribution in [0.5, 0.6) is 0 Å². The molecule has 1 aromatic heterocycles. The molecule has 1 heterocycles. The Balaban J connectivity index is 2.28. The Morgan fingerprint density at radius 1 is 1.32 bits per heavy atom. The van der Waals surface area contributed by atoms with Gasteiger partial charge in [-0.05, 0) is 19.4 Å². The van der Waals surface area contributed by atoms with E-state index in [-0.39, 0.29) is 5.91 Å². The van der Waals surface area contributed by atoms with Crippen molar-refractivity contribution in [2.24, 2.45) is 0 Å². The number of thiazole rings is 1. The summed E-state index contributed by atoms with van der Waals surface area (Å²) in [5.41, 5.74) is 0.952. The molecule has 0 saturated heterocycles. The van der Waals surface area contributed by atoms with Gasteiger partial charge in [-0.25, -0.2) is 9.78 Å². The predicted octanol–water partition coefficient (Wildman–Crippen LogP) is 2.66. The zero-order valence-corrected chi connectivity index (χ0v) is 13.6. The Morgan fingerprint density at radius 3 is 2.55 bits per heavy atom. The molecule has 6 heteroatoms. The number of aromatic nitrogens is 1. The molecule has 1 atom stereocenters. The van der Waals surface area contributed by atoms with Crippen LogP contribution < -0.4 is 0 Å². The lowest BCUT2D eigenvalue weighted by molar-refractivity contribution is -0.145.